The van der Waals surface area contributed by atoms with Crippen molar-refractivity contribution in [3.8, 4) is 0 Å². The summed E-state index contributed by atoms with van der Waals surface area (Å²) in [5, 5.41) is 0. The summed E-state index contributed by atoms with van der Waals surface area (Å²) in [4.78, 5) is 23.6. The lowest BCUT2D eigenvalue weighted by molar-refractivity contribution is -0.116. The maximum absolute atomic E-state index is 11.8. The first-order chi connectivity index (χ1) is 11.7. The third-order valence-electron chi connectivity index (χ3n) is 3.92. The number of hydrogen-bond acceptors (Lipinski definition) is 2. The number of aryl methyl sites for hydroxylation is 2. The standard InChI is InChI=1S/C22H24O2/c23-21(15-7-13-19-9-3-1-4-10-19)17-18-22(24)16-8-14-20-11-5-2-6-12-20/h1-6,9-12,17-18H,7-8,13-16H2/b18-17+. The highest BCUT2D eigenvalue weighted by Crippen LogP contribution is 2.07. The molecular formula is C22H24O2. The Kier molecular flexibility index (Phi) is 7.69. The molecule has 0 aromatic heterocycles. The molecule has 0 saturated heterocycles. The number of rotatable bonds is 10. The van der Waals surface area contributed by atoms with Gasteiger partial charge in [0, 0.05) is 12.8 Å². The van der Waals surface area contributed by atoms with Crippen molar-refractivity contribution >= 4 is 11.6 Å². The molecule has 0 unspecified atom stereocenters. The van der Waals surface area contributed by atoms with Crippen molar-refractivity contribution in [2.24, 2.45) is 0 Å². The lowest BCUT2D eigenvalue weighted by atomic mass is 10.0. The Morgan fingerprint density at radius 1 is 0.625 bits per heavy atom. The van der Waals surface area contributed by atoms with Crippen LogP contribution < -0.4 is 0 Å². The fraction of sp³-hybridized carbons (Fsp3) is 0.273. The summed E-state index contributed by atoms with van der Waals surface area (Å²) >= 11 is 0. The largest absolute Gasteiger partial charge is 0.295 e. The van der Waals surface area contributed by atoms with E-state index in [0.29, 0.717) is 12.8 Å². The second-order valence-electron chi connectivity index (χ2n) is 5.94. The van der Waals surface area contributed by atoms with E-state index in [9.17, 15) is 9.59 Å². The molecule has 0 aliphatic heterocycles. The van der Waals surface area contributed by atoms with E-state index in [-0.39, 0.29) is 11.6 Å². The molecule has 124 valence electrons. The van der Waals surface area contributed by atoms with Crippen LogP contribution in [0.1, 0.15) is 36.8 Å². The minimum absolute atomic E-state index is 0.0299. The van der Waals surface area contributed by atoms with Crippen LogP contribution in [-0.4, -0.2) is 11.6 Å². The number of hydrogen-bond donors (Lipinski definition) is 0. The van der Waals surface area contributed by atoms with Crippen LogP contribution in [0.5, 0.6) is 0 Å². The van der Waals surface area contributed by atoms with Crippen molar-refractivity contribution in [3.63, 3.8) is 0 Å². The predicted octanol–water partition coefficient (Wildman–Crippen LogP) is 4.73. The number of carbonyl (C=O) groups is 2. The number of allylic oxidation sites excluding steroid dienone is 2. The smallest absolute Gasteiger partial charge is 0.155 e. The van der Waals surface area contributed by atoms with Gasteiger partial charge in [-0.05, 0) is 49.0 Å². The van der Waals surface area contributed by atoms with Gasteiger partial charge >= 0.3 is 0 Å². The zero-order valence-corrected chi connectivity index (χ0v) is 14.0. The zero-order chi connectivity index (χ0) is 17.0. The van der Waals surface area contributed by atoms with Crippen LogP contribution in [0.15, 0.2) is 72.8 Å². The second kappa shape index (κ2) is 10.3. The highest BCUT2D eigenvalue weighted by Gasteiger charge is 2.01. The van der Waals surface area contributed by atoms with E-state index in [0.717, 1.165) is 25.7 Å². The topological polar surface area (TPSA) is 34.1 Å². The van der Waals surface area contributed by atoms with Gasteiger partial charge in [-0.2, -0.15) is 0 Å². The lowest BCUT2D eigenvalue weighted by Crippen LogP contribution is -1.99. The molecule has 0 aliphatic carbocycles. The molecule has 0 fully saturated rings. The van der Waals surface area contributed by atoms with Crippen LogP contribution in [0, 0.1) is 0 Å². The molecule has 0 saturated carbocycles. The molecule has 2 nitrogen and oxygen atoms in total. The minimum atomic E-state index is 0.0299. The number of carbonyl (C=O) groups excluding carboxylic acids is 2. The van der Waals surface area contributed by atoms with Gasteiger partial charge in [-0.3, -0.25) is 9.59 Å². The van der Waals surface area contributed by atoms with Crippen molar-refractivity contribution in [1.82, 2.24) is 0 Å². The summed E-state index contributed by atoms with van der Waals surface area (Å²) in [7, 11) is 0. The van der Waals surface area contributed by atoms with Crippen molar-refractivity contribution in [3.05, 3.63) is 83.9 Å². The van der Waals surface area contributed by atoms with Crippen molar-refractivity contribution in [2.45, 2.75) is 38.5 Å². The monoisotopic (exact) mass is 320 g/mol. The molecule has 0 aliphatic rings. The molecule has 2 aromatic rings. The van der Waals surface area contributed by atoms with E-state index in [1.807, 2.05) is 36.4 Å². The third-order valence-corrected chi connectivity index (χ3v) is 3.92. The summed E-state index contributed by atoms with van der Waals surface area (Å²) < 4.78 is 0. The molecule has 0 amide bonds. The molecular weight excluding hydrogens is 296 g/mol. The minimum Gasteiger partial charge on any atom is -0.295 e. The van der Waals surface area contributed by atoms with Crippen molar-refractivity contribution in [1.29, 1.82) is 0 Å². The van der Waals surface area contributed by atoms with Crippen molar-refractivity contribution in [2.75, 3.05) is 0 Å². The Balaban J connectivity index is 1.61. The average Bonchev–Trinajstić information content (AvgIpc) is 2.62. The highest BCUT2D eigenvalue weighted by molar-refractivity contribution is 5.98. The van der Waals surface area contributed by atoms with Crippen LogP contribution >= 0.6 is 0 Å². The van der Waals surface area contributed by atoms with Gasteiger partial charge in [-0.15, -0.1) is 0 Å². The Morgan fingerprint density at radius 3 is 1.38 bits per heavy atom. The first kappa shape index (κ1) is 17.9. The van der Waals surface area contributed by atoms with Crippen LogP contribution in [0.25, 0.3) is 0 Å². The first-order valence-corrected chi connectivity index (χ1v) is 8.55. The van der Waals surface area contributed by atoms with E-state index >= 15 is 0 Å². The molecule has 0 N–H and O–H groups in total. The Bertz CT molecular complexity index is 597. The SMILES string of the molecule is O=C(/C=C/C(=O)CCCc1ccccc1)CCCc1ccccc1. The summed E-state index contributed by atoms with van der Waals surface area (Å²) in [6.07, 6.45) is 7.28. The van der Waals surface area contributed by atoms with Gasteiger partial charge in [0.1, 0.15) is 0 Å². The Labute approximate surface area is 144 Å². The van der Waals surface area contributed by atoms with Gasteiger partial charge < -0.3 is 0 Å². The molecule has 2 rings (SSSR count). The van der Waals surface area contributed by atoms with Crippen LogP contribution in [-0.2, 0) is 22.4 Å². The molecule has 0 bridgehead atoms. The maximum Gasteiger partial charge on any atom is 0.155 e. The highest BCUT2D eigenvalue weighted by atomic mass is 16.1. The van der Waals surface area contributed by atoms with Gasteiger partial charge in [0.2, 0.25) is 0 Å². The van der Waals surface area contributed by atoms with Gasteiger partial charge in [-0.1, -0.05) is 60.7 Å². The molecule has 0 heterocycles. The summed E-state index contributed by atoms with van der Waals surface area (Å²) in [5.74, 6) is 0.0599. The lowest BCUT2D eigenvalue weighted by Gasteiger charge is -2.00. The van der Waals surface area contributed by atoms with Crippen LogP contribution in [0.2, 0.25) is 0 Å². The van der Waals surface area contributed by atoms with Crippen LogP contribution in [0.3, 0.4) is 0 Å². The number of ketones is 2. The van der Waals surface area contributed by atoms with E-state index in [1.165, 1.54) is 23.3 Å². The van der Waals surface area contributed by atoms with E-state index in [1.54, 1.807) is 0 Å². The molecule has 0 atom stereocenters. The third kappa shape index (κ3) is 7.19. The van der Waals surface area contributed by atoms with E-state index < -0.39 is 0 Å². The molecule has 2 heteroatoms. The summed E-state index contributed by atoms with van der Waals surface area (Å²) in [6, 6.07) is 20.3. The van der Waals surface area contributed by atoms with Gasteiger partial charge in [0.25, 0.3) is 0 Å². The Hall–Kier alpha value is -2.48. The van der Waals surface area contributed by atoms with Gasteiger partial charge in [0.15, 0.2) is 11.6 Å². The van der Waals surface area contributed by atoms with Crippen molar-refractivity contribution < 1.29 is 9.59 Å². The fourth-order valence-corrected chi connectivity index (χ4v) is 2.58. The molecule has 0 radical (unpaired) electrons. The first-order valence-electron chi connectivity index (χ1n) is 8.55. The zero-order valence-electron chi connectivity index (χ0n) is 14.0. The average molecular weight is 320 g/mol. The molecule has 2 aromatic carbocycles. The fourth-order valence-electron chi connectivity index (χ4n) is 2.58. The Morgan fingerprint density at radius 2 is 1.00 bits per heavy atom. The number of benzene rings is 2. The van der Waals surface area contributed by atoms with Gasteiger partial charge in [0.05, 0.1) is 0 Å². The van der Waals surface area contributed by atoms with Gasteiger partial charge in [-0.25, -0.2) is 0 Å². The maximum atomic E-state index is 11.8. The van der Waals surface area contributed by atoms with E-state index in [2.05, 4.69) is 24.3 Å². The summed E-state index contributed by atoms with van der Waals surface area (Å²) in [6.45, 7) is 0. The summed E-state index contributed by atoms with van der Waals surface area (Å²) in [5.41, 5.74) is 2.48. The normalized spacial score (nSPS) is 10.8. The van der Waals surface area contributed by atoms with Crippen LogP contribution in [0.4, 0.5) is 0 Å². The second-order valence-corrected chi connectivity index (χ2v) is 5.94. The quantitative estimate of drug-likeness (QED) is 0.593. The molecule has 24 heavy (non-hydrogen) atoms. The molecule has 0 spiro atoms. The van der Waals surface area contributed by atoms with E-state index in [4.69, 9.17) is 0 Å². The predicted molar refractivity (Wildman–Crippen MR) is 97.9 cm³/mol.